The number of likely N-dealkylation sites (N-methyl/N-ethyl adjacent to an activating group) is 1. The van der Waals surface area contributed by atoms with Crippen LogP contribution < -0.4 is 10.5 Å². The molecule has 1 rings (SSSR count). The first-order chi connectivity index (χ1) is 8.04. The average molecular weight is 244 g/mol. The van der Waals surface area contributed by atoms with Crippen molar-refractivity contribution in [1.29, 1.82) is 0 Å². The van der Waals surface area contributed by atoms with Crippen molar-refractivity contribution in [1.82, 2.24) is 4.90 Å². The smallest absolute Gasteiger partial charge is 0.167 e. The molecule has 2 N–H and O–H groups in total. The van der Waals surface area contributed by atoms with Gasteiger partial charge in [0.05, 0.1) is 0 Å². The molecule has 0 bridgehead atoms. The van der Waals surface area contributed by atoms with Crippen LogP contribution in [-0.4, -0.2) is 38.2 Å². The Bertz CT molecular complexity index is 358. The van der Waals surface area contributed by atoms with Gasteiger partial charge in [0.2, 0.25) is 0 Å². The summed E-state index contributed by atoms with van der Waals surface area (Å²) in [6, 6.07) is 3.39. The Morgan fingerprint density at radius 2 is 2.06 bits per heavy atom. The number of nitrogens with zero attached hydrogens (tertiary/aromatic N) is 1. The van der Waals surface area contributed by atoms with E-state index in [2.05, 4.69) is 0 Å². The Hall–Kier alpha value is -1.20. The molecule has 0 saturated heterocycles. The highest BCUT2D eigenvalue weighted by Gasteiger charge is 2.13. The van der Waals surface area contributed by atoms with Gasteiger partial charge in [0, 0.05) is 12.1 Å². The summed E-state index contributed by atoms with van der Waals surface area (Å²) >= 11 is 0. The molecule has 17 heavy (non-hydrogen) atoms. The van der Waals surface area contributed by atoms with Crippen molar-refractivity contribution < 1.29 is 13.5 Å². The Kier molecular flexibility index (Phi) is 5.31. The number of halogens is 2. The lowest BCUT2D eigenvalue weighted by Crippen LogP contribution is -2.35. The number of benzene rings is 1. The molecule has 0 spiro atoms. The maximum atomic E-state index is 13.3. The fourth-order valence-electron chi connectivity index (χ4n) is 1.46. The van der Waals surface area contributed by atoms with Crippen molar-refractivity contribution >= 4 is 0 Å². The van der Waals surface area contributed by atoms with Crippen molar-refractivity contribution in [2.24, 2.45) is 5.73 Å². The van der Waals surface area contributed by atoms with Gasteiger partial charge in [0.25, 0.3) is 0 Å². The SMILES string of the molecule is CN(C)C(CCN)COc1ccc(F)cc1F. The van der Waals surface area contributed by atoms with E-state index >= 15 is 0 Å². The molecular formula is C12H18F2N2O. The first-order valence-corrected chi connectivity index (χ1v) is 5.49. The van der Waals surface area contributed by atoms with Crippen molar-refractivity contribution in [3.05, 3.63) is 29.8 Å². The Morgan fingerprint density at radius 1 is 1.35 bits per heavy atom. The zero-order chi connectivity index (χ0) is 12.8. The minimum atomic E-state index is -0.685. The highest BCUT2D eigenvalue weighted by molar-refractivity contribution is 5.24. The summed E-state index contributed by atoms with van der Waals surface area (Å²) in [6.07, 6.45) is 0.760. The predicted octanol–water partition coefficient (Wildman–Crippen LogP) is 1.62. The molecule has 0 amide bonds. The predicted molar refractivity (Wildman–Crippen MR) is 63.0 cm³/mol. The number of ether oxygens (including phenoxy) is 1. The van der Waals surface area contributed by atoms with Gasteiger partial charge in [-0.05, 0) is 39.2 Å². The van der Waals surface area contributed by atoms with Gasteiger partial charge in [0.1, 0.15) is 12.4 Å². The topological polar surface area (TPSA) is 38.5 Å². The van der Waals surface area contributed by atoms with Crippen molar-refractivity contribution in [3.8, 4) is 5.75 Å². The molecule has 1 aromatic rings. The largest absolute Gasteiger partial charge is 0.489 e. The first-order valence-electron chi connectivity index (χ1n) is 5.49. The summed E-state index contributed by atoms with van der Waals surface area (Å²) in [7, 11) is 3.81. The molecule has 0 fully saturated rings. The fourth-order valence-corrected chi connectivity index (χ4v) is 1.46. The van der Waals surface area contributed by atoms with Gasteiger partial charge in [-0.15, -0.1) is 0 Å². The Morgan fingerprint density at radius 3 is 2.59 bits per heavy atom. The highest BCUT2D eigenvalue weighted by Crippen LogP contribution is 2.18. The van der Waals surface area contributed by atoms with Crippen LogP contribution in [0.2, 0.25) is 0 Å². The van der Waals surface area contributed by atoms with Crippen LogP contribution >= 0.6 is 0 Å². The summed E-state index contributed by atoms with van der Waals surface area (Å²) in [5.41, 5.74) is 5.48. The molecule has 3 nitrogen and oxygen atoms in total. The van der Waals surface area contributed by atoms with Gasteiger partial charge in [-0.1, -0.05) is 0 Å². The molecule has 0 aliphatic rings. The summed E-state index contributed by atoms with van der Waals surface area (Å²) in [4.78, 5) is 1.97. The van der Waals surface area contributed by atoms with Crippen LogP contribution in [-0.2, 0) is 0 Å². The monoisotopic (exact) mass is 244 g/mol. The molecule has 0 radical (unpaired) electrons. The second-order valence-electron chi connectivity index (χ2n) is 4.08. The van der Waals surface area contributed by atoms with Crippen LogP contribution in [0.5, 0.6) is 5.75 Å². The molecule has 0 aliphatic heterocycles. The lowest BCUT2D eigenvalue weighted by Gasteiger charge is -2.23. The summed E-state index contributed by atoms with van der Waals surface area (Å²) in [5.74, 6) is -1.23. The van der Waals surface area contributed by atoms with Gasteiger partial charge in [-0.3, -0.25) is 0 Å². The van der Waals surface area contributed by atoms with Crippen LogP contribution in [0.4, 0.5) is 8.78 Å². The van der Waals surface area contributed by atoms with E-state index in [4.69, 9.17) is 10.5 Å². The summed E-state index contributed by atoms with van der Waals surface area (Å²) < 4.78 is 31.3. The Balaban J connectivity index is 2.59. The van der Waals surface area contributed by atoms with Crippen molar-refractivity contribution in [2.45, 2.75) is 12.5 Å². The van der Waals surface area contributed by atoms with E-state index in [1.165, 1.54) is 12.1 Å². The van der Waals surface area contributed by atoms with Crippen LogP contribution in [0.15, 0.2) is 18.2 Å². The second kappa shape index (κ2) is 6.51. The van der Waals surface area contributed by atoms with E-state index in [1.54, 1.807) is 0 Å². The number of rotatable bonds is 6. The zero-order valence-electron chi connectivity index (χ0n) is 10.1. The summed E-state index contributed by atoms with van der Waals surface area (Å²) in [5, 5.41) is 0. The number of hydrogen-bond donors (Lipinski definition) is 1. The summed E-state index contributed by atoms with van der Waals surface area (Å²) in [6.45, 7) is 0.866. The molecule has 1 unspecified atom stereocenters. The minimum absolute atomic E-state index is 0.0651. The maximum Gasteiger partial charge on any atom is 0.167 e. The van der Waals surface area contributed by atoms with E-state index in [1.807, 2.05) is 19.0 Å². The van der Waals surface area contributed by atoms with E-state index in [-0.39, 0.29) is 11.8 Å². The zero-order valence-corrected chi connectivity index (χ0v) is 10.1. The van der Waals surface area contributed by atoms with Gasteiger partial charge in [0.15, 0.2) is 11.6 Å². The average Bonchev–Trinajstić information content (AvgIpc) is 2.25. The van der Waals surface area contributed by atoms with Crippen LogP contribution in [0, 0.1) is 11.6 Å². The molecular weight excluding hydrogens is 226 g/mol. The minimum Gasteiger partial charge on any atom is -0.489 e. The van der Waals surface area contributed by atoms with Gasteiger partial charge in [-0.2, -0.15) is 0 Å². The van der Waals surface area contributed by atoms with E-state index in [0.29, 0.717) is 13.2 Å². The van der Waals surface area contributed by atoms with E-state index in [9.17, 15) is 8.78 Å². The van der Waals surface area contributed by atoms with Crippen LogP contribution in [0.1, 0.15) is 6.42 Å². The van der Waals surface area contributed by atoms with E-state index < -0.39 is 11.6 Å². The first kappa shape index (κ1) is 13.9. The normalized spacial score (nSPS) is 12.8. The lowest BCUT2D eigenvalue weighted by atomic mass is 10.2. The van der Waals surface area contributed by atoms with Crippen molar-refractivity contribution in [2.75, 3.05) is 27.2 Å². The number of hydrogen-bond acceptors (Lipinski definition) is 3. The van der Waals surface area contributed by atoms with E-state index in [0.717, 1.165) is 12.5 Å². The second-order valence-corrected chi connectivity index (χ2v) is 4.08. The number of nitrogens with two attached hydrogens (primary N) is 1. The Labute approximate surface area is 100 Å². The molecule has 5 heteroatoms. The molecule has 0 heterocycles. The highest BCUT2D eigenvalue weighted by atomic mass is 19.1. The molecule has 0 aliphatic carbocycles. The molecule has 0 aromatic heterocycles. The quantitative estimate of drug-likeness (QED) is 0.826. The van der Waals surface area contributed by atoms with Gasteiger partial charge >= 0.3 is 0 Å². The molecule has 0 saturated carbocycles. The molecule has 1 aromatic carbocycles. The lowest BCUT2D eigenvalue weighted by molar-refractivity contribution is 0.174. The molecule has 1 atom stereocenters. The van der Waals surface area contributed by atoms with Crippen LogP contribution in [0.3, 0.4) is 0 Å². The fraction of sp³-hybridized carbons (Fsp3) is 0.500. The maximum absolute atomic E-state index is 13.3. The third-order valence-corrected chi connectivity index (χ3v) is 2.56. The third kappa shape index (κ3) is 4.28. The molecule has 96 valence electrons. The van der Waals surface area contributed by atoms with Gasteiger partial charge in [-0.25, -0.2) is 8.78 Å². The third-order valence-electron chi connectivity index (χ3n) is 2.56. The van der Waals surface area contributed by atoms with Crippen LogP contribution in [0.25, 0.3) is 0 Å². The van der Waals surface area contributed by atoms with Crippen molar-refractivity contribution in [3.63, 3.8) is 0 Å². The van der Waals surface area contributed by atoms with Gasteiger partial charge < -0.3 is 15.4 Å². The standard InChI is InChI=1S/C12H18F2N2O/c1-16(2)10(5-6-15)8-17-12-4-3-9(13)7-11(12)14/h3-4,7,10H,5-6,8,15H2,1-2H3.